The number of hydrogen-bond donors (Lipinski definition) is 2. The van der Waals surface area contributed by atoms with E-state index in [1.54, 1.807) is 31.2 Å². The fourth-order valence-electron chi connectivity index (χ4n) is 2.01. The minimum absolute atomic E-state index is 0.00432. The zero-order valence-electron chi connectivity index (χ0n) is 12.3. The summed E-state index contributed by atoms with van der Waals surface area (Å²) in [5.41, 5.74) is 0.181. The maximum absolute atomic E-state index is 11.7. The minimum atomic E-state index is -1.27. The first kappa shape index (κ1) is 16.3. The molecule has 5 heteroatoms. The van der Waals surface area contributed by atoms with Gasteiger partial charge in [0, 0.05) is 10.6 Å². The number of carbonyl (C=O) groups is 1. The number of alkyl carbamates (subject to hydrolysis) is 1. The Morgan fingerprint density at radius 2 is 1.82 bits per heavy atom. The highest BCUT2D eigenvalue weighted by atomic mass is 35.5. The highest BCUT2D eigenvalue weighted by molar-refractivity contribution is 6.31. The summed E-state index contributed by atoms with van der Waals surface area (Å²) in [4.78, 5) is 11.7. The summed E-state index contributed by atoms with van der Waals surface area (Å²) in [6.07, 6.45) is -0.587. The van der Waals surface area contributed by atoms with Crippen LogP contribution in [-0.4, -0.2) is 17.7 Å². The summed E-state index contributed by atoms with van der Waals surface area (Å²) in [6.45, 7) is 1.77. The SMILES string of the molecule is CC(O)(CNC(=O)OCc1ccccc1)c1ccccc1Cl. The molecule has 0 bridgehead atoms. The first-order chi connectivity index (χ1) is 10.5. The number of nitrogens with one attached hydrogen (secondary N) is 1. The molecule has 1 amide bonds. The monoisotopic (exact) mass is 319 g/mol. The average molecular weight is 320 g/mol. The number of carbonyl (C=O) groups excluding carboxylic acids is 1. The van der Waals surface area contributed by atoms with Gasteiger partial charge in [-0.05, 0) is 18.6 Å². The Morgan fingerprint density at radius 3 is 2.50 bits per heavy atom. The van der Waals surface area contributed by atoms with E-state index in [1.165, 1.54) is 0 Å². The lowest BCUT2D eigenvalue weighted by atomic mass is 9.96. The fourth-order valence-corrected chi connectivity index (χ4v) is 2.35. The van der Waals surface area contributed by atoms with E-state index >= 15 is 0 Å². The van der Waals surface area contributed by atoms with Crippen LogP contribution in [0.2, 0.25) is 5.02 Å². The molecular weight excluding hydrogens is 302 g/mol. The van der Waals surface area contributed by atoms with E-state index in [2.05, 4.69) is 5.32 Å². The third-order valence-electron chi connectivity index (χ3n) is 3.24. The smallest absolute Gasteiger partial charge is 0.407 e. The second-order valence-corrected chi connectivity index (χ2v) is 5.58. The molecule has 22 heavy (non-hydrogen) atoms. The van der Waals surface area contributed by atoms with E-state index in [9.17, 15) is 9.90 Å². The summed E-state index contributed by atoms with van der Waals surface area (Å²) in [7, 11) is 0. The van der Waals surface area contributed by atoms with E-state index in [-0.39, 0.29) is 13.2 Å². The highest BCUT2D eigenvalue weighted by Crippen LogP contribution is 2.27. The number of hydrogen-bond acceptors (Lipinski definition) is 3. The van der Waals surface area contributed by atoms with E-state index in [0.29, 0.717) is 10.6 Å². The number of amides is 1. The molecule has 0 aliphatic carbocycles. The van der Waals surface area contributed by atoms with Crippen LogP contribution in [0.5, 0.6) is 0 Å². The summed E-state index contributed by atoms with van der Waals surface area (Å²) >= 11 is 6.06. The van der Waals surface area contributed by atoms with Gasteiger partial charge in [-0.3, -0.25) is 0 Å². The third kappa shape index (κ3) is 4.48. The van der Waals surface area contributed by atoms with E-state index in [0.717, 1.165) is 5.56 Å². The quantitative estimate of drug-likeness (QED) is 0.887. The van der Waals surface area contributed by atoms with E-state index < -0.39 is 11.7 Å². The minimum Gasteiger partial charge on any atom is -0.445 e. The molecule has 116 valence electrons. The van der Waals surface area contributed by atoms with Crippen LogP contribution < -0.4 is 5.32 Å². The Labute approximate surface area is 134 Å². The molecule has 0 aromatic heterocycles. The van der Waals surface area contributed by atoms with Crippen LogP contribution in [0.15, 0.2) is 54.6 Å². The normalized spacial score (nSPS) is 13.2. The van der Waals surface area contributed by atoms with Crippen LogP contribution in [0.1, 0.15) is 18.1 Å². The largest absolute Gasteiger partial charge is 0.445 e. The molecular formula is C17H18ClNO3. The van der Waals surface area contributed by atoms with Crippen molar-refractivity contribution in [2.75, 3.05) is 6.54 Å². The number of ether oxygens (including phenoxy) is 1. The first-order valence-electron chi connectivity index (χ1n) is 6.91. The lowest BCUT2D eigenvalue weighted by Crippen LogP contribution is -2.39. The summed E-state index contributed by atoms with van der Waals surface area (Å²) in [5, 5.41) is 13.4. The Hall–Kier alpha value is -2.04. The molecule has 1 atom stereocenters. The number of aliphatic hydroxyl groups is 1. The van der Waals surface area contributed by atoms with Gasteiger partial charge in [0.2, 0.25) is 0 Å². The predicted molar refractivity (Wildman–Crippen MR) is 85.7 cm³/mol. The van der Waals surface area contributed by atoms with Gasteiger partial charge in [0.25, 0.3) is 0 Å². The molecule has 0 aliphatic heterocycles. The third-order valence-corrected chi connectivity index (χ3v) is 3.57. The van der Waals surface area contributed by atoms with Crippen molar-refractivity contribution in [1.82, 2.24) is 5.32 Å². The van der Waals surface area contributed by atoms with Gasteiger partial charge in [0.15, 0.2) is 0 Å². The Kier molecular flexibility index (Phi) is 5.41. The van der Waals surface area contributed by atoms with Crippen molar-refractivity contribution < 1.29 is 14.6 Å². The Balaban J connectivity index is 1.86. The van der Waals surface area contributed by atoms with Crippen LogP contribution in [0.25, 0.3) is 0 Å². The van der Waals surface area contributed by atoms with Crippen molar-refractivity contribution in [3.05, 3.63) is 70.7 Å². The molecule has 2 rings (SSSR count). The van der Waals surface area contributed by atoms with Gasteiger partial charge in [0.05, 0.1) is 6.54 Å². The van der Waals surface area contributed by atoms with Gasteiger partial charge in [-0.1, -0.05) is 60.1 Å². The maximum Gasteiger partial charge on any atom is 0.407 e. The zero-order valence-corrected chi connectivity index (χ0v) is 13.0. The van der Waals surface area contributed by atoms with Crippen LogP contribution in [-0.2, 0) is 16.9 Å². The van der Waals surface area contributed by atoms with Crippen molar-refractivity contribution in [2.24, 2.45) is 0 Å². The molecule has 0 radical (unpaired) electrons. The molecule has 2 N–H and O–H groups in total. The topological polar surface area (TPSA) is 58.6 Å². The molecule has 1 unspecified atom stereocenters. The molecule has 0 fully saturated rings. The molecule has 4 nitrogen and oxygen atoms in total. The van der Waals surface area contributed by atoms with Crippen LogP contribution >= 0.6 is 11.6 Å². The fraction of sp³-hybridized carbons (Fsp3) is 0.235. The summed E-state index contributed by atoms with van der Waals surface area (Å²) in [5.74, 6) is 0. The average Bonchev–Trinajstić information content (AvgIpc) is 2.52. The maximum atomic E-state index is 11.7. The van der Waals surface area contributed by atoms with Crippen molar-refractivity contribution in [3.63, 3.8) is 0 Å². The van der Waals surface area contributed by atoms with Gasteiger partial charge in [-0.2, -0.15) is 0 Å². The molecule has 0 spiro atoms. The summed E-state index contributed by atoms with van der Waals surface area (Å²) in [6, 6.07) is 16.4. The number of halogens is 1. The lowest BCUT2D eigenvalue weighted by Gasteiger charge is -2.25. The van der Waals surface area contributed by atoms with Crippen LogP contribution in [0.4, 0.5) is 4.79 Å². The van der Waals surface area contributed by atoms with E-state index in [1.807, 2.05) is 30.3 Å². The standard InChI is InChI=1S/C17H18ClNO3/c1-17(21,14-9-5-6-10-15(14)18)12-19-16(20)22-11-13-7-3-2-4-8-13/h2-10,21H,11-12H2,1H3,(H,19,20). The zero-order chi connectivity index (χ0) is 16.0. The van der Waals surface area contributed by atoms with Gasteiger partial charge in [0.1, 0.15) is 12.2 Å². The molecule has 0 heterocycles. The van der Waals surface area contributed by atoms with Gasteiger partial charge < -0.3 is 15.2 Å². The molecule has 0 saturated carbocycles. The van der Waals surface area contributed by atoms with Crippen molar-refractivity contribution >= 4 is 17.7 Å². The van der Waals surface area contributed by atoms with Crippen LogP contribution in [0, 0.1) is 0 Å². The molecule has 0 saturated heterocycles. The van der Waals surface area contributed by atoms with Gasteiger partial charge in [-0.25, -0.2) is 4.79 Å². The number of rotatable bonds is 5. The van der Waals surface area contributed by atoms with Gasteiger partial charge in [-0.15, -0.1) is 0 Å². The van der Waals surface area contributed by atoms with Crippen molar-refractivity contribution in [2.45, 2.75) is 19.1 Å². The Bertz CT molecular complexity index is 629. The van der Waals surface area contributed by atoms with Gasteiger partial charge >= 0.3 is 6.09 Å². The summed E-state index contributed by atoms with van der Waals surface area (Å²) < 4.78 is 5.10. The Morgan fingerprint density at radius 1 is 1.18 bits per heavy atom. The van der Waals surface area contributed by atoms with Crippen molar-refractivity contribution in [3.8, 4) is 0 Å². The second-order valence-electron chi connectivity index (χ2n) is 5.17. The molecule has 2 aromatic carbocycles. The highest BCUT2D eigenvalue weighted by Gasteiger charge is 2.26. The van der Waals surface area contributed by atoms with Crippen molar-refractivity contribution in [1.29, 1.82) is 0 Å². The van der Waals surface area contributed by atoms with E-state index in [4.69, 9.17) is 16.3 Å². The number of benzene rings is 2. The lowest BCUT2D eigenvalue weighted by molar-refractivity contribution is 0.0530. The molecule has 2 aromatic rings. The second kappa shape index (κ2) is 7.29. The molecule has 0 aliphatic rings. The predicted octanol–water partition coefficient (Wildman–Crippen LogP) is 3.47. The first-order valence-corrected chi connectivity index (χ1v) is 7.29. The van der Waals surface area contributed by atoms with Crippen LogP contribution in [0.3, 0.4) is 0 Å².